The van der Waals surface area contributed by atoms with Crippen molar-refractivity contribution in [2.24, 2.45) is 17.8 Å². The molecule has 2 atom stereocenters. The van der Waals surface area contributed by atoms with Gasteiger partial charge in [0.05, 0.1) is 0 Å². The second-order valence-corrected chi connectivity index (χ2v) is 3.32. The topological polar surface area (TPSA) is 40.5 Å². The summed E-state index contributed by atoms with van der Waals surface area (Å²) >= 11 is 0. The fraction of sp³-hybridized carbons (Fsp3) is 1.00. The Morgan fingerprint density at radius 3 is 1.89 bits per heavy atom. The highest BCUT2D eigenvalue weighted by atomic mass is 16.5. The van der Waals surface area contributed by atoms with Crippen LogP contribution >= 0.6 is 0 Å². The van der Waals surface area contributed by atoms with Gasteiger partial charge in [0.1, 0.15) is 0 Å². The van der Waals surface area contributed by atoms with Crippen LogP contribution in [0.5, 0.6) is 0 Å². The van der Waals surface area contributed by atoms with Crippen LogP contribution in [0.25, 0.3) is 0 Å². The van der Waals surface area contributed by atoms with Crippen LogP contribution in [-0.4, -0.2) is 16.5 Å². The van der Waals surface area contributed by atoms with Crippen molar-refractivity contribution in [1.82, 2.24) is 0 Å². The van der Waals surface area contributed by atoms with Crippen molar-refractivity contribution < 1.29 is 10.2 Å². The van der Waals surface area contributed by atoms with E-state index in [1.165, 1.54) is 19.3 Å². The molecule has 0 aliphatic heterocycles. The zero-order valence-electron chi connectivity index (χ0n) is 5.33. The third kappa shape index (κ3) is 0.634. The van der Waals surface area contributed by atoms with Gasteiger partial charge < -0.3 is 10.2 Å². The standard InChI is InChI=1S/C7H12O2/c8-7(9)6-4-1-2-5(6)3-4/h4-9H,1-3H2. The van der Waals surface area contributed by atoms with E-state index < -0.39 is 6.29 Å². The molecule has 0 spiro atoms. The summed E-state index contributed by atoms with van der Waals surface area (Å²) in [6.07, 6.45) is 2.68. The maximum absolute atomic E-state index is 8.81. The Morgan fingerprint density at radius 1 is 1.11 bits per heavy atom. The number of aliphatic hydroxyl groups is 2. The first-order chi connectivity index (χ1) is 4.29. The maximum Gasteiger partial charge on any atom is 0.154 e. The van der Waals surface area contributed by atoms with Crippen LogP contribution in [0.4, 0.5) is 0 Å². The third-order valence-corrected chi connectivity index (χ3v) is 2.95. The number of fused-ring (bicyclic) bond motifs is 1. The second-order valence-electron chi connectivity index (χ2n) is 3.32. The molecule has 3 fully saturated rings. The van der Waals surface area contributed by atoms with Gasteiger partial charge in [-0.1, -0.05) is 0 Å². The molecule has 3 aliphatic carbocycles. The zero-order chi connectivity index (χ0) is 6.43. The van der Waals surface area contributed by atoms with Crippen LogP contribution in [-0.2, 0) is 0 Å². The molecule has 2 bridgehead atoms. The van der Waals surface area contributed by atoms with Gasteiger partial charge in [-0.3, -0.25) is 0 Å². The minimum absolute atomic E-state index is 0.241. The van der Waals surface area contributed by atoms with Crippen molar-refractivity contribution in [1.29, 1.82) is 0 Å². The Morgan fingerprint density at radius 2 is 1.67 bits per heavy atom. The lowest BCUT2D eigenvalue weighted by Crippen LogP contribution is -2.37. The van der Waals surface area contributed by atoms with Gasteiger partial charge in [0, 0.05) is 5.92 Å². The van der Waals surface area contributed by atoms with Crippen LogP contribution in [0.15, 0.2) is 0 Å². The fourth-order valence-electron chi connectivity index (χ4n) is 2.43. The molecule has 0 aromatic rings. The largest absolute Gasteiger partial charge is 0.368 e. The van der Waals surface area contributed by atoms with E-state index in [4.69, 9.17) is 10.2 Å². The summed E-state index contributed by atoms with van der Waals surface area (Å²) in [7, 11) is 0. The van der Waals surface area contributed by atoms with E-state index in [1.807, 2.05) is 0 Å². The molecule has 0 heterocycles. The molecule has 2 unspecified atom stereocenters. The summed E-state index contributed by atoms with van der Waals surface area (Å²) in [5, 5.41) is 17.6. The van der Waals surface area contributed by atoms with Crippen LogP contribution in [0.2, 0.25) is 0 Å². The zero-order valence-corrected chi connectivity index (χ0v) is 5.33. The summed E-state index contributed by atoms with van der Waals surface area (Å²) in [4.78, 5) is 0. The molecule has 0 amide bonds. The average molecular weight is 128 g/mol. The molecule has 3 saturated carbocycles. The first-order valence-electron chi connectivity index (χ1n) is 3.65. The summed E-state index contributed by atoms with van der Waals surface area (Å²) < 4.78 is 0. The SMILES string of the molecule is OC(O)C1C2CCC1C2. The van der Waals surface area contributed by atoms with Gasteiger partial charge >= 0.3 is 0 Å². The fourth-order valence-corrected chi connectivity index (χ4v) is 2.43. The molecular formula is C7H12O2. The van der Waals surface area contributed by atoms with Crippen LogP contribution in [0.1, 0.15) is 19.3 Å². The molecule has 3 rings (SSSR count). The van der Waals surface area contributed by atoms with Crippen molar-refractivity contribution in [3.05, 3.63) is 0 Å². The summed E-state index contributed by atoms with van der Waals surface area (Å²) in [5.41, 5.74) is 0. The Balaban J connectivity index is 2.02. The Hall–Kier alpha value is -0.0800. The minimum Gasteiger partial charge on any atom is -0.368 e. The molecule has 2 N–H and O–H groups in total. The highest BCUT2D eigenvalue weighted by Crippen LogP contribution is 2.54. The third-order valence-electron chi connectivity index (χ3n) is 2.95. The predicted octanol–water partition coefficient (Wildman–Crippen LogP) is 0.343. The van der Waals surface area contributed by atoms with Crippen molar-refractivity contribution in [3.8, 4) is 0 Å². The smallest absolute Gasteiger partial charge is 0.154 e. The van der Waals surface area contributed by atoms with E-state index in [2.05, 4.69) is 0 Å². The lowest BCUT2D eigenvalue weighted by atomic mass is 9.72. The molecule has 0 aromatic carbocycles. The monoisotopic (exact) mass is 128 g/mol. The lowest BCUT2D eigenvalue weighted by Gasteiger charge is -2.36. The molecule has 0 radical (unpaired) electrons. The van der Waals surface area contributed by atoms with Crippen molar-refractivity contribution in [3.63, 3.8) is 0 Å². The maximum atomic E-state index is 8.81. The Bertz CT molecular complexity index is 108. The van der Waals surface area contributed by atoms with Gasteiger partial charge in [-0.05, 0) is 31.1 Å². The highest BCUT2D eigenvalue weighted by molar-refractivity contribution is 4.96. The van der Waals surface area contributed by atoms with Gasteiger partial charge in [0.15, 0.2) is 6.29 Å². The number of hydrogen-bond acceptors (Lipinski definition) is 2. The Labute approximate surface area is 54.5 Å². The first-order valence-corrected chi connectivity index (χ1v) is 3.65. The summed E-state index contributed by atoms with van der Waals surface area (Å²) in [6.45, 7) is 0. The molecule has 52 valence electrons. The van der Waals surface area contributed by atoms with Crippen LogP contribution in [0, 0.1) is 17.8 Å². The van der Waals surface area contributed by atoms with Crippen molar-refractivity contribution in [2.75, 3.05) is 0 Å². The molecule has 0 aromatic heterocycles. The van der Waals surface area contributed by atoms with Gasteiger partial charge in [0.2, 0.25) is 0 Å². The Kier molecular flexibility index (Phi) is 1.08. The number of rotatable bonds is 1. The summed E-state index contributed by atoms with van der Waals surface area (Å²) in [6, 6.07) is 0. The lowest BCUT2D eigenvalue weighted by molar-refractivity contribution is -0.136. The van der Waals surface area contributed by atoms with Crippen molar-refractivity contribution >= 4 is 0 Å². The molecule has 3 aliphatic rings. The van der Waals surface area contributed by atoms with E-state index in [0.717, 1.165) is 0 Å². The van der Waals surface area contributed by atoms with Gasteiger partial charge in [-0.25, -0.2) is 0 Å². The first kappa shape index (κ1) is 5.69. The van der Waals surface area contributed by atoms with Gasteiger partial charge in [-0.2, -0.15) is 0 Å². The quantitative estimate of drug-likeness (QED) is 0.500. The molecule has 2 heteroatoms. The second kappa shape index (κ2) is 1.70. The highest BCUT2D eigenvalue weighted by Gasteiger charge is 2.49. The predicted molar refractivity (Wildman–Crippen MR) is 32.5 cm³/mol. The molecular weight excluding hydrogens is 116 g/mol. The van der Waals surface area contributed by atoms with Crippen LogP contribution < -0.4 is 0 Å². The van der Waals surface area contributed by atoms with E-state index >= 15 is 0 Å². The average Bonchev–Trinajstić information content (AvgIpc) is 2.13. The molecule has 0 saturated heterocycles. The molecule has 2 nitrogen and oxygen atoms in total. The van der Waals surface area contributed by atoms with E-state index in [0.29, 0.717) is 11.8 Å². The number of hydrogen-bond donors (Lipinski definition) is 2. The molecule has 9 heavy (non-hydrogen) atoms. The summed E-state index contributed by atoms with van der Waals surface area (Å²) in [5.74, 6) is 1.54. The van der Waals surface area contributed by atoms with E-state index in [-0.39, 0.29) is 5.92 Å². The van der Waals surface area contributed by atoms with E-state index in [9.17, 15) is 0 Å². The number of aliphatic hydroxyl groups excluding tert-OH is 1. The van der Waals surface area contributed by atoms with Crippen LogP contribution in [0.3, 0.4) is 0 Å². The van der Waals surface area contributed by atoms with Gasteiger partial charge in [0.25, 0.3) is 0 Å². The van der Waals surface area contributed by atoms with E-state index in [1.54, 1.807) is 0 Å². The van der Waals surface area contributed by atoms with Crippen molar-refractivity contribution in [2.45, 2.75) is 25.6 Å². The normalized spacial score (nSPS) is 47.7. The van der Waals surface area contributed by atoms with Gasteiger partial charge in [-0.15, -0.1) is 0 Å². The minimum atomic E-state index is -1.03.